The molecule has 1 aliphatic heterocycles. The van der Waals surface area contributed by atoms with Crippen molar-refractivity contribution < 1.29 is 9.63 Å². The largest absolute Gasteiger partial charge is 0.272 e. The molecule has 2 rings (SSSR count). The average Bonchev–Trinajstić information content (AvgIpc) is 2.29. The third kappa shape index (κ3) is 2.38. The molecule has 4 heteroatoms. The van der Waals surface area contributed by atoms with E-state index >= 15 is 0 Å². The molecule has 1 atom stereocenters. The van der Waals surface area contributed by atoms with Gasteiger partial charge in [-0.05, 0) is 5.56 Å². The number of hydrogen-bond donors (Lipinski definition) is 0. The Morgan fingerprint density at radius 3 is 2.73 bits per heavy atom. The van der Waals surface area contributed by atoms with Crippen molar-refractivity contribution in [2.75, 3.05) is 11.9 Å². The van der Waals surface area contributed by atoms with Crippen molar-refractivity contribution >= 4 is 21.8 Å². The second kappa shape index (κ2) is 4.77. The lowest BCUT2D eigenvalue weighted by Gasteiger charge is -2.35. The summed E-state index contributed by atoms with van der Waals surface area (Å²) in [5.74, 6) is 0.170. The first kappa shape index (κ1) is 10.6. The summed E-state index contributed by atoms with van der Waals surface area (Å²) in [4.78, 5) is 16.8. The van der Waals surface area contributed by atoms with Crippen molar-refractivity contribution in [3.05, 3.63) is 35.9 Å². The molecule has 1 saturated heterocycles. The fourth-order valence-corrected chi connectivity index (χ4v) is 1.90. The van der Waals surface area contributed by atoms with Gasteiger partial charge in [0, 0.05) is 5.33 Å². The first-order valence-electron chi connectivity index (χ1n) is 4.85. The molecule has 1 aliphatic rings. The van der Waals surface area contributed by atoms with Crippen molar-refractivity contribution in [3.63, 3.8) is 0 Å². The molecule has 15 heavy (non-hydrogen) atoms. The van der Waals surface area contributed by atoms with Crippen LogP contribution < -0.4 is 0 Å². The van der Waals surface area contributed by atoms with Crippen LogP contribution in [0.3, 0.4) is 0 Å². The van der Waals surface area contributed by atoms with Crippen LogP contribution in [-0.2, 0) is 16.2 Å². The van der Waals surface area contributed by atoms with E-state index in [1.54, 1.807) is 0 Å². The Bertz CT molecular complexity index is 342. The molecule has 80 valence electrons. The number of hydrogen-bond acceptors (Lipinski definition) is 2. The van der Waals surface area contributed by atoms with Crippen LogP contribution in [0.2, 0.25) is 0 Å². The third-order valence-electron chi connectivity index (χ3n) is 2.40. The first-order valence-corrected chi connectivity index (χ1v) is 5.97. The van der Waals surface area contributed by atoms with Gasteiger partial charge in [-0.2, -0.15) is 0 Å². The second-order valence-electron chi connectivity index (χ2n) is 3.51. The topological polar surface area (TPSA) is 29.5 Å². The molecule has 1 heterocycles. The fraction of sp³-hybridized carbons (Fsp3) is 0.364. The Labute approximate surface area is 97.1 Å². The molecule has 1 amide bonds. The van der Waals surface area contributed by atoms with E-state index in [4.69, 9.17) is 4.84 Å². The number of nitrogens with zero attached hydrogens (tertiary/aromatic N) is 1. The molecule has 0 aliphatic carbocycles. The lowest BCUT2D eigenvalue weighted by Crippen LogP contribution is -2.52. The molecule has 0 N–H and O–H groups in total. The molecular weight excluding hydrogens is 258 g/mol. The van der Waals surface area contributed by atoms with Gasteiger partial charge >= 0.3 is 0 Å². The molecular formula is C11H12BrNO2. The number of carbonyl (C=O) groups is 1. The van der Waals surface area contributed by atoms with Gasteiger partial charge in [0.05, 0.1) is 12.5 Å². The van der Waals surface area contributed by atoms with Gasteiger partial charge in [-0.25, -0.2) is 5.06 Å². The monoisotopic (exact) mass is 269 g/mol. The first-order chi connectivity index (χ1) is 7.31. The maximum atomic E-state index is 11.4. The highest BCUT2D eigenvalue weighted by atomic mass is 79.9. The molecule has 0 spiro atoms. The Kier molecular flexibility index (Phi) is 3.38. The lowest BCUT2D eigenvalue weighted by atomic mass is 10.1. The smallest absolute Gasteiger partial charge is 0.251 e. The summed E-state index contributed by atoms with van der Waals surface area (Å²) in [6.45, 7) is 1.15. The van der Waals surface area contributed by atoms with Gasteiger partial charge < -0.3 is 0 Å². The van der Waals surface area contributed by atoms with E-state index < -0.39 is 0 Å². The number of β-lactam (4-membered cyclic amide) rings is 1. The van der Waals surface area contributed by atoms with Crippen LogP contribution in [0, 0.1) is 5.92 Å². The van der Waals surface area contributed by atoms with Crippen LogP contribution in [-0.4, -0.2) is 22.8 Å². The number of alkyl halides is 1. The minimum Gasteiger partial charge on any atom is -0.272 e. The normalized spacial score (nSPS) is 20.2. The van der Waals surface area contributed by atoms with Crippen LogP contribution in [0.4, 0.5) is 0 Å². The maximum Gasteiger partial charge on any atom is 0.251 e. The van der Waals surface area contributed by atoms with Crippen LogP contribution in [0.1, 0.15) is 5.56 Å². The molecule has 0 radical (unpaired) electrons. The molecule has 1 fully saturated rings. The van der Waals surface area contributed by atoms with E-state index in [1.165, 1.54) is 5.06 Å². The van der Waals surface area contributed by atoms with Crippen LogP contribution in [0.25, 0.3) is 0 Å². The highest BCUT2D eigenvalue weighted by Gasteiger charge is 2.36. The van der Waals surface area contributed by atoms with Crippen molar-refractivity contribution in [2.24, 2.45) is 5.92 Å². The quantitative estimate of drug-likeness (QED) is 0.618. The maximum absolute atomic E-state index is 11.4. The van der Waals surface area contributed by atoms with E-state index in [1.807, 2.05) is 30.3 Å². The second-order valence-corrected chi connectivity index (χ2v) is 4.16. The molecule has 1 unspecified atom stereocenters. The summed E-state index contributed by atoms with van der Waals surface area (Å²) in [6, 6.07) is 9.83. The third-order valence-corrected chi connectivity index (χ3v) is 3.18. The van der Waals surface area contributed by atoms with Gasteiger partial charge in [-0.3, -0.25) is 9.63 Å². The van der Waals surface area contributed by atoms with Gasteiger partial charge in [-0.1, -0.05) is 46.3 Å². The van der Waals surface area contributed by atoms with Gasteiger partial charge in [0.15, 0.2) is 0 Å². The van der Waals surface area contributed by atoms with Crippen LogP contribution >= 0.6 is 15.9 Å². The lowest BCUT2D eigenvalue weighted by molar-refractivity contribution is -0.223. The zero-order chi connectivity index (χ0) is 10.7. The molecule has 3 nitrogen and oxygen atoms in total. The zero-order valence-electron chi connectivity index (χ0n) is 8.23. The zero-order valence-corrected chi connectivity index (χ0v) is 9.81. The van der Waals surface area contributed by atoms with E-state index in [9.17, 15) is 4.79 Å². The number of rotatable bonds is 4. The summed E-state index contributed by atoms with van der Waals surface area (Å²) in [7, 11) is 0. The average molecular weight is 270 g/mol. The summed E-state index contributed by atoms with van der Waals surface area (Å²) >= 11 is 3.29. The standard InChI is InChI=1S/C11H12BrNO2/c12-6-10-7-13(11(10)14)15-8-9-4-2-1-3-5-9/h1-5,10H,6-8H2. The molecule has 0 aromatic heterocycles. The van der Waals surface area contributed by atoms with Crippen molar-refractivity contribution in [1.82, 2.24) is 5.06 Å². The number of benzene rings is 1. The van der Waals surface area contributed by atoms with E-state index in [-0.39, 0.29) is 11.8 Å². The summed E-state index contributed by atoms with van der Waals surface area (Å²) in [5, 5.41) is 2.15. The number of hydroxylamine groups is 2. The Morgan fingerprint density at radius 2 is 2.13 bits per heavy atom. The summed E-state index contributed by atoms with van der Waals surface area (Å²) in [6.07, 6.45) is 0. The SMILES string of the molecule is O=C1C(CBr)CN1OCc1ccccc1. The van der Waals surface area contributed by atoms with Gasteiger partial charge in [0.1, 0.15) is 6.61 Å². The van der Waals surface area contributed by atoms with E-state index in [0.717, 1.165) is 10.9 Å². The minimum atomic E-state index is 0.0720. The molecule has 1 aromatic rings. The number of amides is 1. The molecule has 0 bridgehead atoms. The van der Waals surface area contributed by atoms with E-state index in [2.05, 4.69) is 15.9 Å². The number of halogens is 1. The van der Waals surface area contributed by atoms with Gasteiger partial charge in [-0.15, -0.1) is 0 Å². The Hall–Kier alpha value is -0.870. The van der Waals surface area contributed by atoms with E-state index in [0.29, 0.717) is 13.2 Å². The van der Waals surface area contributed by atoms with Crippen molar-refractivity contribution in [3.8, 4) is 0 Å². The van der Waals surface area contributed by atoms with Crippen LogP contribution in [0.5, 0.6) is 0 Å². The van der Waals surface area contributed by atoms with Crippen molar-refractivity contribution in [2.45, 2.75) is 6.61 Å². The number of carbonyl (C=O) groups excluding carboxylic acids is 1. The minimum absolute atomic E-state index is 0.0720. The highest BCUT2D eigenvalue weighted by Crippen LogP contribution is 2.20. The van der Waals surface area contributed by atoms with Crippen LogP contribution in [0.15, 0.2) is 30.3 Å². The molecule has 0 saturated carbocycles. The summed E-state index contributed by atoms with van der Waals surface area (Å²) < 4.78 is 0. The predicted octanol–water partition coefficient (Wildman–Crippen LogP) is 1.97. The predicted molar refractivity (Wildman–Crippen MR) is 60.2 cm³/mol. The highest BCUT2D eigenvalue weighted by molar-refractivity contribution is 9.09. The van der Waals surface area contributed by atoms with Gasteiger partial charge in [0.2, 0.25) is 0 Å². The Balaban J connectivity index is 1.79. The summed E-state index contributed by atoms with van der Waals surface area (Å²) in [5.41, 5.74) is 1.08. The Morgan fingerprint density at radius 1 is 1.40 bits per heavy atom. The van der Waals surface area contributed by atoms with Crippen molar-refractivity contribution in [1.29, 1.82) is 0 Å². The fourth-order valence-electron chi connectivity index (χ4n) is 1.42. The van der Waals surface area contributed by atoms with Gasteiger partial charge in [0.25, 0.3) is 5.91 Å². The molecule has 1 aromatic carbocycles.